The van der Waals surface area contributed by atoms with Crippen molar-refractivity contribution in [2.75, 3.05) is 13.2 Å². The highest BCUT2D eigenvalue weighted by molar-refractivity contribution is 5.47. The van der Waals surface area contributed by atoms with E-state index in [0.29, 0.717) is 0 Å². The molecule has 4 aromatic rings. The number of rotatable bonds is 7. The molecule has 3 aromatic carbocycles. The van der Waals surface area contributed by atoms with Crippen LogP contribution in [0.2, 0.25) is 0 Å². The highest BCUT2D eigenvalue weighted by atomic mass is 16.6. The minimum atomic E-state index is -0.889. The molecule has 3 fully saturated rings. The fourth-order valence-electron chi connectivity index (χ4n) is 6.66. The third-order valence-electron chi connectivity index (χ3n) is 8.38. The molecular weight excluding hydrogens is 506 g/mol. The van der Waals surface area contributed by atoms with Crippen LogP contribution >= 0.6 is 0 Å². The minimum Gasteiger partial charge on any atom is -0.358 e. The van der Waals surface area contributed by atoms with Gasteiger partial charge in [-0.2, -0.15) is 0 Å². The zero-order valence-corrected chi connectivity index (χ0v) is 22.0. The van der Waals surface area contributed by atoms with Crippen molar-refractivity contribution in [2.24, 2.45) is 0 Å². The Kier molecular flexibility index (Phi) is 6.48. The first-order valence-corrected chi connectivity index (χ1v) is 13.8. The van der Waals surface area contributed by atoms with Crippen LogP contribution in [-0.4, -0.2) is 52.1 Å². The second kappa shape index (κ2) is 10.3. The van der Waals surface area contributed by atoms with Gasteiger partial charge < -0.3 is 14.2 Å². The molecule has 3 saturated heterocycles. The van der Waals surface area contributed by atoms with Crippen molar-refractivity contribution in [1.29, 1.82) is 0 Å². The monoisotopic (exact) mass is 537 g/mol. The summed E-state index contributed by atoms with van der Waals surface area (Å²) < 4.78 is 21.6. The molecule has 4 heterocycles. The average molecular weight is 538 g/mol. The molecule has 0 spiro atoms. The average Bonchev–Trinajstić information content (AvgIpc) is 3.68. The summed E-state index contributed by atoms with van der Waals surface area (Å²) in [4.78, 5) is 29.2. The summed E-state index contributed by atoms with van der Waals surface area (Å²) in [5.41, 5.74) is 1.19. The van der Waals surface area contributed by atoms with Gasteiger partial charge in [0.2, 0.25) is 0 Å². The lowest BCUT2D eigenvalue weighted by Gasteiger charge is -2.37. The Bertz CT molecular complexity index is 1480. The standard InChI is InChI=1S/C32H31N3O5/c36-26-18-20-35(31(37)33-26)30-29-28(34-19-10-17-27(34)40-29)25(39-30)21-38-32(22-11-4-1-5-12-22,23-13-6-2-7-14-23)24-15-8-3-9-16-24/h1-9,11-16,18,20,25,27-30H,10,17,19,21H2,(H,33,36,37)/t25-,27?,28+,29+,30-/m1/s1. The van der Waals surface area contributed by atoms with E-state index in [0.717, 1.165) is 36.1 Å². The molecule has 3 aliphatic heterocycles. The molecule has 0 saturated carbocycles. The van der Waals surface area contributed by atoms with Crippen molar-refractivity contribution >= 4 is 0 Å². The van der Waals surface area contributed by atoms with Gasteiger partial charge in [-0.15, -0.1) is 0 Å². The molecule has 5 atom stereocenters. The van der Waals surface area contributed by atoms with E-state index < -0.39 is 23.1 Å². The topological polar surface area (TPSA) is 85.8 Å². The van der Waals surface area contributed by atoms with Crippen molar-refractivity contribution in [3.05, 3.63) is 141 Å². The van der Waals surface area contributed by atoms with Crippen molar-refractivity contribution in [3.63, 3.8) is 0 Å². The van der Waals surface area contributed by atoms with Gasteiger partial charge >= 0.3 is 5.69 Å². The number of H-pyrrole nitrogens is 1. The molecule has 0 radical (unpaired) electrons. The summed E-state index contributed by atoms with van der Waals surface area (Å²) in [6.45, 7) is 1.17. The smallest absolute Gasteiger partial charge is 0.330 e. The lowest BCUT2D eigenvalue weighted by molar-refractivity contribution is -0.125. The summed E-state index contributed by atoms with van der Waals surface area (Å²) in [6, 6.07) is 32.0. The van der Waals surface area contributed by atoms with Gasteiger partial charge in [-0.25, -0.2) is 4.79 Å². The predicted octanol–water partition coefficient (Wildman–Crippen LogP) is 3.63. The fraction of sp³-hybridized carbons (Fsp3) is 0.312. The van der Waals surface area contributed by atoms with Gasteiger partial charge in [0.05, 0.1) is 12.6 Å². The molecule has 1 aromatic heterocycles. The first-order valence-electron chi connectivity index (χ1n) is 13.8. The maximum absolute atomic E-state index is 12.8. The Morgan fingerprint density at radius 2 is 1.43 bits per heavy atom. The predicted molar refractivity (Wildman–Crippen MR) is 149 cm³/mol. The lowest BCUT2D eigenvalue weighted by atomic mass is 9.80. The van der Waals surface area contributed by atoms with E-state index in [2.05, 4.69) is 46.3 Å². The van der Waals surface area contributed by atoms with Crippen molar-refractivity contribution in [3.8, 4) is 0 Å². The summed E-state index contributed by atoms with van der Waals surface area (Å²) in [7, 11) is 0. The van der Waals surface area contributed by atoms with Crippen LogP contribution in [0.3, 0.4) is 0 Å². The largest absolute Gasteiger partial charge is 0.358 e. The summed E-state index contributed by atoms with van der Waals surface area (Å²) >= 11 is 0. The van der Waals surface area contributed by atoms with Gasteiger partial charge in [0.25, 0.3) is 5.56 Å². The molecule has 0 bridgehead atoms. The molecule has 0 amide bonds. The molecule has 1 unspecified atom stereocenters. The Hall–Kier alpha value is -3.82. The third-order valence-corrected chi connectivity index (χ3v) is 8.38. The van der Waals surface area contributed by atoms with Crippen LogP contribution in [0.4, 0.5) is 0 Å². The number of hydrogen-bond donors (Lipinski definition) is 1. The van der Waals surface area contributed by atoms with Gasteiger partial charge in [-0.3, -0.25) is 19.2 Å². The molecule has 8 nitrogen and oxygen atoms in total. The molecule has 0 aliphatic carbocycles. The van der Waals surface area contributed by atoms with E-state index in [9.17, 15) is 9.59 Å². The Balaban J connectivity index is 1.29. The molecule has 204 valence electrons. The number of nitrogens with zero attached hydrogens (tertiary/aromatic N) is 2. The molecule has 3 aliphatic rings. The second-order valence-electron chi connectivity index (χ2n) is 10.6. The Labute approximate surface area is 231 Å². The van der Waals surface area contributed by atoms with Gasteiger partial charge in [0, 0.05) is 18.8 Å². The quantitative estimate of drug-likeness (QED) is 0.363. The number of nitrogens with one attached hydrogen (secondary N) is 1. The number of aromatic amines is 1. The van der Waals surface area contributed by atoms with E-state index in [-0.39, 0.29) is 31.1 Å². The molecule has 1 N–H and O–H groups in total. The van der Waals surface area contributed by atoms with Crippen molar-refractivity contribution in [2.45, 2.75) is 49.1 Å². The zero-order chi connectivity index (χ0) is 27.1. The molecular formula is C32H31N3O5. The first kappa shape index (κ1) is 25.2. The highest BCUT2D eigenvalue weighted by Crippen LogP contribution is 2.46. The van der Waals surface area contributed by atoms with E-state index >= 15 is 0 Å². The van der Waals surface area contributed by atoms with Gasteiger partial charge in [-0.1, -0.05) is 91.0 Å². The van der Waals surface area contributed by atoms with Crippen LogP contribution in [0.1, 0.15) is 35.8 Å². The summed E-state index contributed by atoms with van der Waals surface area (Å²) in [6.07, 6.45) is 2.07. The van der Waals surface area contributed by atoms with E-state index in [4.69, 9.17) is 14.2 Å². The van der Waals surface area contributed by atoms with Crippen LogP contribution in [0.5, 0.6) is 0 Å². The van der Waals surface area contributed by atoms with Crippen LogP contribution < -0.4 is 11.2 Å². The third kappa shape index (κ3) is 4.15. The summed E-state index contributed by atoms with van der Waals surface area (Å²) in [5, 5.41) is 0. The van der Waals surface area contributed by atoms with Crippen molar-refractivity contribution < 1.29 is 14.2 Å². The van der Waals surface area contributed by atoms with Gasteiger partial charge in [0.15, 0.2) is 6.23 Å². The SMILES string of the molecule is O=c1ccn([C@@H]2O[C@H](COC(c3ccccc3)(c3ccccc3)c3ccccc3)[C@H]3[C@@H]2OC2CCCN23)c(=O)[nH]1. The summed E-state index contributed by atoms with van der Waals surface area (Å²) in [5.74, 6) is 0. The van der Waals surface area contributed by atoms with E-state index in [1.807, 2.05) is 54.6 Å². The highest BCUT2D eigenvalue weighted by Gasteiger charge is 2.58. The van der Waals surface area contributed by atoms with E-state index in [1.54, 1.807) is 0 Å². The maximum Gasteiger partial charge on any atom is 0.330 e. The van der Waals surface area contributed by atoms with Gasteiger partial charge in [0.1, 0.15) is 24.0 Å². The molecule has 7 rings (SSSR count). The normalized spacial score (nSPS) is 26.1. The second-order valence-corrected chi connectivity index (χ2v) is 10.6. The maximum atomic E-state index is 12.8. The fourth-order valence-corrected chi connectivity index (χ4v) is 6.66. The lowest BCUT2D eigenvalue weighted by Crippen LogP contribution is -2.45. The zero-order valence-electron chi connectivity index (χ0n) is 22.0. The minimum absolute atomic E-state index is 0.00973. The van der Waals surface area contributed by atoms with Gasteiger partial charge in [-0.05, 0) is 29.5 Å². The van der Waals surface area contributed by atoms with E-state index in [1.165, 1.54) is 16.8 Å². The van der Waals surface area contributed by atoms with Crippen LogP contribution in [-0.2, 0) is 19.8 Å². The Morgan fingerprint density at radius 3 is 2.00 bits per heavy atom. The van der Waals surface area contributed by atoms with Crippen LogP contribution in [0, 0.1) is 0 Å². The van der Waals surface area contributed by atoms with Crippen molar-refractivity contribution in [1.82, 2.24) is 14.5 Å². The number of aromatic nitrogens is 2. The first-order chi connectivity index (χ1) is 19.6. The van der Waals surface area contributed by atoms with Crippen LogP contribution in [0.15, 0.2) is 113 Å². The number of ether oxygens (including phenoxy) is 3. The molecule has 40 heavy (non-hydrogen) atoms. The Morgan fingerprint density at radius 1 is 0.825 bits per heavy atom. The number of benzene rings is 3. The molecule has 8 heteroatoms. The van der Waals surface area contributed by atoms with Crippen LogP contribution in [0.25, 0.3) is 0 Å². The number of hydrogen-bond acceptors (Lipinski definition) is 6. The number of fused-ring (bicyclic) bond motifs is 3.